The highest BCUT2D eigenvalue weighted by molar-refractivity contribution is 5.95. The fraction of sp³-hybridized carbons (Fsp3) is 0.588. The van der Waals surface area contributed by atoms with E-state index in [-0.39, 0.29) is 11.4 Å². The van der Waals surface area contributed by atoms with Crippen molar-refractivity contribution in [2.75, 3.05) is 6.54 Å². The Morgan fingerprint density at radius 3 is 2.55 bits per heavy atom. The van der Waals surface area contributed by atoms with Crippen molar-refractivity contribution in [3.63, 3.8) is 0 Å². The fourth-order valence-electron chi connectivity index (χ4n) is 3.43. The first-order chi connectivity index (χ1) is 9.44. The maximum atomic E-state index is 12.5. The van der Waals surface area contributed by atoms with Gasteiger partial charge in [-0.2, -0.15) is 0 Å². The molecule has 0 bridgehead atoms. The monoisotopic (exact) mass is 274 g/mol. The van der Waals surface area contributed by atoms with Gasteiger partial charge in [-0.15, -0.1) is 0 Å². The molecule has 20 heavy (non-hydrogen) atoms. The van der Waals surface area contributed by atoms with Crippen LogP contribution >= 0.6 is 0 Å². The number of carbonyl (C=O) groups is 1. The summed E-state index contributed by atoms with van der Waals surface area (Å²) in [4.78, 5) is 12.5. The first-order valence-electron chi connectivity index (χ1n) is 7.55. The lowest BCUT2D eigenvalue weighted by Crippen LogP contribution is -2.56. The Bertz CT molecular complexity index is 478. The van der Waals surface area contributed by atoms with Crippen molar-refractivity contribution in [1.82, 2.24) is 5.32 Å². The van der Waals surface area contributed by atoms with E-state index in [0.717, 1.165) is 36.0 Å². The molecule has 1 aromatic carbocycles. The van der Waals surface area contributed by atoms with Crippen molar-refractivity contribution in [3.05, 3.63) is 34.9 Å². The smallest absolute Gasteiger partial charge is 0.251 e. The van der Waals surface area contributed by atoms with E-state index in [2.05, 4.69) is 18.3 Å². The van der Waals surface area contributed by atoms with Crippen LogP contribution in [0.2, 0.25) is 0 Å². The highest BCUT2D eigenvalue weighted by atomic mass is 16.1. The molecule has 1 amide bonds. The molecule has 1 aliphatic carbocycles. The van der Waals surface area contributed by atoms with Gasteiger partial charge in [-0.3, -0.25) is 4.79 Å². The second kappa shape index (κ2) is 5.96. The van der Waals surface area contributed by atoms with Crippen LogP contribution in [0.25, 0.3) is 0 Å². The zero-order chi connectivity index (χ0) is 14.8. The molecule has 1 aliphatic rings. The highest BCUT2D eigenvalue weighted by Gasteiger charge is 2.35. The normalized spacial score (nSPS) is 26.3. The van der Waals surface area contributed by atoms with Gasteiger partial charge >= 0.3 is 0 Å². The molecule has 3 nitrogen and oxygen atoms in total. The van der Waals surface area contributed by atoms with Gasteiger partial charge in [0.05, 0.1) is 5.54 Å². The van der Waals surface area contributed by atoms with E-state index < -0.39 is 0 Å². The molecule has 1 aromatic rings. The summed E-state index contributed by atoms with van der Waals surface area (Å²) in [7, 11) is 0. The molecule has 1 fully saturated rings. The number of rotatable bonds is 3. The molecule has 0 saturated heterocycles. The quantitative estimate of drug-likeness (QED) is 0.890. The van der Waals surface area contributed by atoms with Crippen molar-refractivity contribution in [1.29, 1.82) is 0 Å². The van der Waals surface area contributed by atoms with Crippen molar-refractivity contribution in [3.8, 4) is 0 Å². The standard InChI is InChI=1S/C17H26N2O/c1-12-5-4-6-17(10-12,11-18)19-16(20)15-8-13(2)7-14(3)9-15/h7-9,12H,4-6,10-11,18H2,1-3H3,(H,19,20). The van der Waals surface area contributed by atoms with Gasteiger partial charge in [-0.1, -0.05) is 37.0 Å². The minimum Gasteiger partial charge on any atom is -0.345 e. The number of carbonyl (C=O) groups excluding carboxylic acids is 1. The van der Waals surface area contributed by atoms with Crippen LogP contribution in [0.15, 0.2) is 18.2 Å². The predicted molar refractivity (Wildman–Crippen MR) is 82.8 cm³/mol. The molecule has 3 N–H and O–H groups in total. The van der Waals surface area contributed by atoms with Gasteiger partial charge in [-0.25, -0.2) is 0 Å². The molecule has 3 heteroatoms. The molecule has 2 unspecified atom stereocenters. The molecule has 0 heterocycles. The molecular weight excluding hydrogens is 248 g/mol. The summed E-state index contributed by atoms with van der Waals surface area (Å²) >= 11 is 0. The number of nitrogens with two attached hydrogens (primary N) is 1. The van der Waals surface area contributed by atoms with E-state index in [0.29, 0.717) is 12.5 Å². The summed E-state index contributed by atoms with van der Waals surface area (Å²) < 4.78 is 0. The van der Waals surface area contributed by atoms with Gasteiger partial charge in [-0.05, 0) is 44.7 Å². The van der Waals surface area contributed by atoms with Crippen molar-refractivity contribution >= 4 is 5.91 Å². The predicted octanol–water partition coefficient (Wildman–Crippen LogP) is 2.94. The largest absolute Gasteiger partial charge is 0.345 e. The van der Waals surface area contributed by atoms with E-state index in [9.17, 15) is 4.79 Å². The zero-order valence-electron chi connectivity index (χ0n) is 12.8. The number of amides is 1. The Morgan fingerprint density at radius 2 is 2.00 bits per heavy atom. The summed E-state index contributed by atoms with van der Waals surface area (Å²) in [6.45, 7) is 6.80. The summed E-state index contributed by atoms with van der Waals surface area (Å²) in [5.74, 6) is 0.642. The topological polar surface area (TPSA) is 55.1 Å². The minimum atomic E-state index is -0.216. The SMILES string of the molecule is Cc1cc(C)cc(C(=O)NC2(CN)CCCC(C)C2)c1. The fourth-order valence-corrected chi connectivity index (χ4v) is 3.43. The summed E-state index contributed by atoms with van der Waals surface area (Å²) in [5.41, 5.74) is 8.74. The van der Waals surface area contributed by atoms with Crippen molar-refractivity contribution < 1.29 is 4.79 Å². The minimum absolute atomic E-state index is 0.0105. The number of nitrogens with one attached hydrogen (secondary N) is 1. The molecule has 1 saturated carbocycles. The maximum Gasteiger partial charge on any atom is 0.251 e. The van der Waals surface area contributed by atoms with E-state index in [4.69, 9.17) is 5.73 Å². The van der Waals surface area contributed by atoms with Crippen molar-refractivity contribution in [2.45, 2.75) is 52.0 Å². The number of benzene rings is 1. The van der Waals surface area contributed by atoms with E-state index in [1.807, 2.05) is 26.0 Å². The Hall–Kier alpha value is -1.35. The molecule has 2 atom stereocenters. The van der Waals surface area contributed by atoms with Crippen LogP contribution in [0, 0.1) is 19.8 Å². The lowest BCUT2D eigenvalue weighted by Gasteiger charge is -2.40. The first kappa shape index (κ1) is 15.0. The van der Waals surface area contributed by atoms with E-state index in [1.165, 1.54) is 6.42 Å². The van der Waals surface area contributed by atoms with Gasteiger partial charge in [0.15, 0.2) is 0 Å². The van der Waals surface area contributed by atoms with Crippen LogP contribution in [0.3, 0.4) is 0 Å². The molecular formula is C17H26N2O. The van der Waals surface area contributed by atoms with E-state index in [1.54, 1.807) is 0 Å². The number of aryl methyl sites for hydroxylation is 2. The lowest BCUT2D eigenvalue weighted by atomic mass is 9.76. The Balaban J connectivity index is 2.16. The van der Waals surface area contributed by atoms with Crippen LogP contribution in [0.4, 0.5) is 0 Å². The highest BCUT2D eigenvalue weighted by Crippen LogP contribution is 2.31. The van der Waals surface area contributed by atoms with Crippen LogP contribution in [-0.4, -0.2) is 18.0 Å². The molecule has 2 rings (SSSR count). The van der Waals surface area contributed by atoms with Crippen LogP contribution in [-0.2, 0) is 0 Å². The van der Waals surface area contributed by atoms with Gasteiger partial charge in [0.2, 0.25) is 0 Å². The summed E-state index contributed by atoms with van der Waals surface area (Å²) in [5, 5.41) is 3.22. The third kappa shape index (κ3) is 3.40. The summed E-state index contributed by atoms with van der Waals surface area (Å²) in [6.07, 6.45) is 4.36. The zero-order valence-corrected chi connectivity index (χ0v) is 12.8. The first-order valence-corrected chi connectivity index (χ1v) is 7.55. The van der Waals surface area contributed by atoms with Crippen LogP contribution in [0.1, 0.15) is 54.1 Å². The molecule has 0 aliphatic heterocycles. The van der Waals surface area contributed by atoms with Gasteiger partial charge < -0.3 is 11.1 Å². The molecule has 0 spiro atoms. The van der Waals surface area contributed by atoms with E-state index >= 15 is 0 Å². The number of hydrogen-bond donors (Lipinski definition) is 2. The Morgan fingerprint density at radius 1 is 1.35 bits per heavy atom. The molecule has 110 valence electrons. The summed E-state index contributed by atoms with van der Waals surface area (Å²) in [6, 6.07) is 5.97. The Kier molecular flexibility index (Phi) is 4.48. The third-order valence-electron chi connectivity index (χ3n) is 4.34. The van der Waals surface area contributed by atoms with Crippen LogP contribution in [0.5, 0.6) is 0 Å². The second-order valence-electron chi connectivity index (χ2n) is 6.52. The number of hydrogen-bond acceptors (Lipinski definition) is 2. The van der Waals surface area contributed by atoms with Gasteiger partial charge in [0.25, 0.3) is 5.91 Å². The molecule has 0 aromatic heterocycles. The second-order valence-corrected chi connectivity index (χ2v) is 6.52. The van der Waals surface area contributed by atoms with Crippen molar-refractivity contribution in [2.24, 2.45) is 11.7 Å². The average molecular weight is 274 g/mol. The van der Waals surface area contributed by atoms with Gasteiger partial charge in [0, 0.05) is 12.1 Å². The van der Waals surface area contributed by atoms with Gasteiger partial charge in [0.1, 0.15) is 0 Å². The lowest BCUT2D eigenvalue weighted by molar-refractivity contribution is 0.0853. The third-order valence-corrected chi connectivity index (χ3v) is 4.34. The molecule has 0 radical (unpaired) electrons. The average Bonchev–Trinajstić information content (AvgIpc) is 2.37. The van der Waals surface area contributed by atoms with Crippen LogP contribution < -0.4 is 11.1 Å². The maximum absolute atomic E-state index is 12.5. The Labute approximate surface area is 121 Å².